The largest absolute Gasteiger partial charge is 0.508 e. The van der Waals surface area contributed by atoms with E-state index in [0.717, 1.165) is 11.1 Å². The van der Waals surface area contributed by atoms with Crippen LogP contribution in [0.5, 0.6) is 5.75 Å². The molecule has 0 saturated heterocycles. The monoisotopic (exact) mass is 459 g/mol. The quantitative estimate of drug-likeness (QED) is 0.103. The summed E-state index contributed by atoms with van der Waals surface area (Å²) >= 11 is 0. The Kier molecular flexibility index (Phi) is 9.19. The van der Waals surface area contributed by atoms with Gasteiger partial charge in [-0.3, -0.25) is 14.6 Å². The van der Waals surface area contributed by atoms with Crippen LogP contribution in [0.3, 0.4) is 0 Å². The lowest BCUT2D eigenvalue weighted by Crippen LogP contribution is -2.27. The molecular weight excluding hydrogens is 430 g/mol. The third kappa shape index (κ3) is 6.83. The van der Waals surface area contributed by atoms with Gasteiger partial charge in [0.1, 0.15) is 23.9 Å². The lowest BCUT2D eigenvalue weighted by molar-refractivity contribution is -0.116. The van der Waals surface area contributed by atoms with Crippen LogP contribution in [0.2, 0.25) is 0 Å². The van der Waals surface area contributed by atoms with Crippen LogP contribution < -0.4 is 11.1 Å². The van der Waals surface area contributed by atoms with E-state index in [1.54, 1.807) is 37.3 Å². The summed E-state index contributed by atoms with van der Waals surface area (Å²) < 4.78 is 0. The van der Waals surface area contributed by atoms with Gasteiger partial charge in [0.25, 0.3) is 0 Å². The first-order valence-corrected chi connectivity index (χ1v) is 10.5. The molecule has 0 spiro atoms. The van der Waals surface area contributed by atoms with Gasteiger partial charge in [-0.25, -0.2) is 0 Å². The van der Waals surface area contributed by atoms with Crippen molar-refractivity contribution in [1.29, 1.82) is 0 Å². The van der Waals surface area contributed by atoms with Crippen molar-refractivity contribution < 1.29 is 14.7 Å². The van der Waals surface area contributed by atoms with Gasteiger partial charge in [0.05, 0.1) is 17.8 Å². The van der Waals surface area contributed by atoms with E-state index in [0.29, 0.717) is 34.5 Å². The zero-order valence-corrected chi connectivity index (χ0v) is 19.6. The maximum atomic E-state index is 12.9. The molecule has 0 aromatic heterocycles. The third-order valence-corrected chi connectivity index (χ3v) is 5.09. The molecule has 1 aliphatic heterocycles. The molecule has 1 amide bonds. The van der Waals surface area contributed by atoms with Crippen molar-refractivity contribution in [2.75, 3.05) is 5.32 Å². The first-order valence-electron chi connectivity index (χ1n) is 10.5. The van der Waals surface area contributed by atoms with Gasteiger partial charge in [0, 0.05) is 5.69 Å². The molecule has 0 aliphatic carbocycles. The molecular formula is C26H29N5O3. The second-order valence-electron chi connectivity index (χ2n) is 7.59. The molecule has 4 N–H and O–H groups in total. The Balaban J connectivity index is 2.58. The molecule has 0 radical (unpaired) electrons. The number of hydrogen-bond donors (Lipinski definition) is 3. The molecule has 8 heteroatoms. The molecule has 0 unspecified atom stereocenters. The van der Waals surface area contributed by atoms with Crippen LogP contribution in [0.1, 0.15) is 27.2 Å². The number of nitrogens with zero attached hydrogens (tertiary/aromatic N) is 3. The molecule has 1 aromatic carbocycles. The maximum Gasteiger partial charge on any atom is 0.226 e. The van der Waals surface area contributed by atoms with Gasteiger partial charge in [-0.1, -0.05) is 31.4 Å². The lowest BCUT2D eigenvalue weighted by Gasteiger charge is -2.15. The lowest BCUT2D eigenvalue weighted by atomic mass is 9.93. The second kappa shape index (κ2) is 12.1. The number of hydrogen-bond acceptors (Lipinski definition) is 6. The Morgan fingerprint density at radius 3 is 2.50 bits per heavy atom. The highest BCUT2D eigenvalue weighted by atomic mass is 16.3. The number of carbonyl (C=O) groups excluding carboxylic acids is 2. The second-order valence-corrected chi connectivity index (χ2v) is 7.59. The SMILES string of the molecule is C=C/C(=C\C=CC=O)C1=N[C@H](CC(=O)Nc2ccc(O)cc2)C(=N/N=C(/C)N)C(C)=C(C)C1=C. The van der Waals surface area contributed by atoms with Gasteiger partial charge < -0.3 is 16.2 Å². The predicted octanol–water partition coefficient (Wildman–Crippen LogP) is 4.04. The van der Waals surface area contributed by atoms with Gasteiger partial charge in [-0.15, -0.1) is 5.10 Å². The van der Waals surface area contributed by atoms with E-state index in [-0.39, 0.29) is 23.9 Å². The topological polar surface area (TPSA) is 130 Å². The number of nitrogens with two attached hydrogens (primary N) is 1. The maximum absolute atomic E-state index is 12.9. The number of rotatable bonds is 8. The van der Waals surface area contributed by atoms with E-state index in [1.165, 1.54) is 18.2 Å². The average molecular weight is 460 g/mol. The van der Waals surface area contributed by atoms with E-state index >= 15 is 0 Å². The number of aromatic hydroxyl groups is 1. The summed E-state index contributed by atoms with van der Waals surface area (Å²) in [6.45, 7) is 13.4. The molecule has 1 atom stereocenters. The predicted molar refractivity (Wildman–Crippen MR) is 138 cm³/mol. The van der Waals surface area contributed by atoms with Crippen LogP contribution in [-0.4, -0.2) is 40.6 Å². The molecule has 0 fully saturated rings. The van der Waals surface area contributed by atoms with Gasteiger partial charge in [-0.05, 0) is 73.4 Å². The number of amides is 1. The summed E-state index contributed by atoms with van der Waals surface area (Å²) in [5, 5.41) is 20.6. The Hall–Kier alpha value is -4.33. The number of carbonyl (C=O) groups is 2. The van der Waals surface area contributed by atoms with Crippen molar-refractivity contribution in [2.45, 2.75) is 33.2 Å². The van der Waals surface area contributed by atoms with Gasteiger partial charge >= 0.3 is 0 Å². The minimum absolute atomic E-state index is 0.0329. The molecule has 8 nitrogen and oxygen atoms in total. The Labute approximate surface area is 199 Å². The zero-order valence-electron chi connectivity index (χ0n) is 19.6. The minimum atomic E-state index is -0.692. The van der Waals surface area contributed by atoms with Crippen LogP contribution in [-0.2, 0) is 9.59 Å². The van der Waals surface area contributed by atoms with Gasteiger partial charge in [0.15, 0.2) is 0 Å². The number of anilines is 1. The van der Waals surface area contributed by atoms with Crippen LogP contribution in [0.15, 0.2) is 99.2 Å². The first kappa shape index (κ1) is 25.9. The summed E-state index contributed by atoms with van der Waals surface area (Å²) in [6, 6.07) is 5.47. The van der Waals surface area contributed by atoms with Crippen molar-refractivity contribution in [3.05, 3.63) is 84.0 Å². The van der Waals surface area contributed by atoms with Crippen molar-refractivity contribution in [1.82, 2.24) is 0 Å². The zero-order chi connectivity index (χ0) is 25.3. The Morgan fingerprint density at radius 2 is 1.91 bits per heavy atom. The number of phenols is 1. The number of benzene rings is 1. The number of aldehydes is 1. The van der Waals surface area contributed by atoms with E-state index < -0.39 is 6.04 Å². The van der Waals surface area contributed by atoms with Crippen molar-refractivity contribution in [3.63, 3.8) is 0 Å². The first-order chi connectivity index (χ1) is 16.2. The number of amidine groups is 1. The van der Waals surface area contributed by atoms with Crippen molar-refractivity contribution in [2.24, 2.45) is 20.9 Å². The van der Waals surface area contributed by atoms with Crippen molar-refractivity contribution >= 4 is 35.1 Å². The number of aliphatic imine (C=N–C) groups is 1. The highest BCUT2D eigenvalue weighted by molar-refractivity contribution is 6.21. The third-order valence-electron chi connectivity index (χ3n) is 5.09. The van der Waals surface area contributed by atoms with Gasteiger partial charge in [-0.2, -0.15) is 5.10 Å². The standard InChI is InChI=1S/C26H29N5O3/c1-6-20(9-7-8-14-32)25-17(3)16(2)18(4)26(31-30-19(5)27)23(29-25)15-24(34)28-21-10-12-22(33)13-11-21/h6-14,23,33H,1,3,15H2,2,4-5H3,(H2,27,30)(H,28,34)/b8-7?,20-9+,31-26?/t23-/m1/s1. The Morgan fingerprint density at radius 1 is 1.24 bits per heavy atom. The minimum Gasteiger partial charge on any atom is -0.508 e. The fourth-order valence-corrected chi connectivity index (χ4v) is 3.19. The number of allylic oxidation sites excluding steroid dienone is 7. The normalized spacial score (nSPS) is 18.7. The summed E-state index contributed by atoms with van der Waals surface area (Å²) in [5.74, 6) is 0.0636. The van der Waals surface area contributed by atoms with Crippen LogP contribution in [0.25, 0.3) is 0 Å². The molecule has 2 rings (SSSR count). The molecule has 0 bridgehead atoms. The summed E-state index contributed by atoms with van der Waals surface area (Å²) in [4.78, 5) is 28.4. The van der Waals surface area contributed by atoms with Gasteiger partial charge in [0.2, 0.25) is 5.91 Å². The van der Waals surface area contributed by atoms with Crippen molar-refractivity contribution in [3.8, 4) is 5.75 Å². The summed E-state index contributed by atoms with van der Waals surface area (Å²) in [7, 11) is 0. The van der Waals surface area contributed by atoms with Crippen LogP contribution in [0, 0.1) is 0 Å². The molecule has 1 heterocycles. The molecule has 34 heavy (non-hydrogen) atoms. The molecule has 0 saturated carbocycles. The van der Waals surface area contributed by atoms with Crippen LogP contribution >= 0.6 is 0 Å². The van der Waals surface area contributed by atoms with E-state index in [1.807, 2.05) is 13.8 Å². The fourth-order valence-electron chi connectivity index (χ4n) is 3.19. The number of phenolic OH excluding ortho intramolecular Hbond substituents is 1. The smallest absolute Gasteiger partial charge is 0.226 e. The van der Waals surface area contributed by atoms with E-state index in [9.17, 15) is 14.7 Å². The Bertz CT molecular complexity index is 1160. The average Bonchev–Trinajstić information content (AvgIpc) is 2.88. The molecule has 1 aliphatic rings. The van der Waals surface area contributed by atoms with Crippen LogP contribution in [0.4, 0.5) is 5.69 Å². The fraction of sp³-hybridized carbons (Fsp3) is 0.192. The highest BCUT2D eigenvalue weighted by Gasteiger charge is 2.28. The summed E-state index contributed by atoms with van der Waals surface area (Å²) in [6.07, 6.45) is 6.89. The summed E-state index contributed by atoms with van der Waals surface area (Å²) in [5.41, 5.74) is 10.1. The molecule has 1 aromatic rings. The highest BCUT2D eigenvalue weighted by Crippen LogP contribution is 2.27. The van der Waals surface area contributed by atoms with E-state index in [4.69, 9.17) is 10.7 Å². The van der Waals surface area contributed by atoms with E-state index in [2.05, 4.69) is 28.7 Å². The number of nitrogens with one attached hydrogen (secondary N) is 1. The molecule has 176 valence electrons.